The van der Waals surface area contributed by atoms with Gasteiger partial charge in [0.15, 0.2) is 0 Å². The Bertz CT molecular complexity index is 546. The molecular formula is C17H23N3OS. The molecule has 3 heterocycles. The van der Waals surface area contributed by atoms with Crippen LogP contribution in [-0.2, 0) is 11.3 Å². The van der Waals surface area contributed by atoms with E-state index in [0.29, 0.717) is 12.1 Å². The van der Waals surface area contributed by atoms with Gasteiger partial charge in [-0.1, -0.05) is 12.1 Å². The van der Waals surface area contributed by atoms with Crippen LogP contribution in [0.5, 0.6) is 0 Å². The Balaban J connectivity index is 1.61. The van der Waals surface area contributed by atoms with E-state index in [4.69, 9.17) is 4.74 Å². The minimum atomic E-state index is 0.314. The third kappa shape index (κ3) is 4.14. The number of hydrogen-bond acceptors (Lipinski definition) is 5. The van der Waals surface area contributed by atoms with Crippen molar-refractivity contribution < 1.29 is 4.74 Å². The number of aromatic nitrogens is 1. The van der Waals surface area contributed by atoms with Crippen molar-refractivity contribution in [3.63, 3.8) is 0 Å². The van der Waals surface area contributed by atoms with Crippen molar-refractivity contribution >= 4 is 11.3 Å². The van der Waals surface area contributed by atoms with E-state index in [9.17, 15) is 0 Å². The van der Waals surface area contributed by atoms with Gasteiger partial charge in [-0.2, -0.15) is 0 Å². The van der Waals surface area contributed by atoms with Crippen molar-refractivity contribution in [3.05, 3.63) is 52.5 Å². The van der Waals surface area contributed by atoms with Crippen LogP contribution < -0.4 is 5.32 Å². The van der Waals surface area contributed by atoms with Crippen molar-refractivity contribution in [2.24, 2.45) is 0 Å². The van der Waals surface area contributed by atoms with Gasteiger partial charge in [-0.25, -0.2) is 0 Å². The molecule has 1 saturated heterocycles. The molecule has 2 aromatic heterocycles. The van der Waals surface area contributed by atoms with Crippen LogP contribution >= 0.6 is 11.3 Å². The van der Waals surface area contributed by atoms with Crippen molar-refractivity contribution in [2.75, 3.05) is 26.2 Å². The maximum Gasteiger partial charge on any atom is 0.0674 e. The molecule has 1 aliphatic rings. The number of morpholine rings is 1. The summed E-state index contributed by atoms with van der Waals surface area (Å²) in [5.74, 6) is 0. The highest BCUT2D eigenvalue weighted by Crippen LogP contribution is 2.26. The summed E-state index contributed by atoms with van der Waals surface area (Å²) in [4.78, 5) is 8.13. The molecule has 118 valence electrons. The lowest BCUT2D eigenvalue weighted by Crippen LogP contribution is -2.45. The number of pyridine rings is 1. The Morgan fingerprint density at radius 2 is 2.41 bits per heavy atom. The smallest absolute Gasteiger partial charge is 0.0674 e. The first kappa shape index (κ1) is 15.6. The summed E-state index contributed by atoms with van der Waals surface area (Å²) in [5, 5.41) is 5.75. The van der Waals surface area contributed by atoms with Gasteiger partial charge in [-0.05, 0) is 30.0 Å². The largest absolute Gasteiger partial charge is 0.376 e. The van der Waals surface area contributed by atoms with Gasteiger partial charge in [-0.3, -0.25) is 9.88 Å². The van der Waals surface area contributed by atoms with E-state index in [1.54, 1.807) is 0 Å². The minimum absolute atomic E-state index is 0.314. The third-order valence-corrected chi connectivity index (χ3v) is 4.95. The van der Waals surface area contributed by atoms with Crippen molar-refractivity contribution in [3.8, 4) is 0 Å². The van der Waals surface area contributed by atoms with Gasteiger partial charge >= 0.3 is 0 Å². The summed E-state index contributed by atoms with van der Waals surface area (Å²) in [7, 11) is 0. The highest BCUT2D eigenvalue weighted by atomic mass is 32.1. The topological polar surface area (TPSA) is 37.4 Å². The quantitative estimate of drug-likeness (QED) is 0.889. The number of nitrogens with one attached hydrogen (secondary N) is 1. The van der Waals surface area contributed by atoms with Crippen molar-refractivity contribution in [1.82, 2.24) is 15.2 Å². The van der Waals surface area contributed by atoms with Gasteiger partial charge < -0.3 is 10.1 Å². The van der Waals surface area contributed by atoms with Crippen LogP contribution in [0.1, 0.15) is 23.4 Å². The summed E-state index contributed by atoms with van der Waals surface area (Å²) in [6, 6.07) is 8.89. The van der Waals surface area contributed by atoms with Gasteiger partial charge in [0.2, 0.25) is 0 Å². The highest BCUT2D eigenvalue weighted by molar-refractivity contribution is 7.10. The van der Waals surface area contributed by atoms with Crippen molar-refractivity contribution in [1.29, 1.82) is 0 Å². The molecular weight excluding hydrogens is 294 g/mol. The Morgan fingerprint density at radius 1 is 1.45 bits per heavy atom. The van der Waals surface area contributed by atoms with E-state index in [0.717, 1.165) is 32.8 Å². The Morgan fingerprint density at radius 3 is 3.14 bits per heavy atom. The standard InChI is InChI=1S/C17H23N3OS/c1-14-13-20(7-8-21-14)16(17-5-3-9-22-17)12-19-11-15-4-2-6-18-10-15/h2-6,9-10,14,16,19H,7-8,11-13H2,1H3/t14-,16+/m1/s1. The molecule has 0 amide bonds. The number of rotatable bonds is 6. The fourth-order valence-electron chi connectivity index (χ4n) is 2.87. The van der Waals surface area contributed by atoms with Gasteiger partial charge in [0.25, 0.3) is 0 Å². The summed E-state index contributed by atoms with van der Waals surface area (Å²) in [5.41, 5.74) is 1.22. The predicted octanol–water partition coefficient (Wildman–Crippen LogP) is 2.69. The van der Waals surface area contributed by atoms with Crippen LogP contribution in [0, 0.1) is 0 Å². The van der Waals surface area contributed by atoms with Crippen LogP contribution in [0.3, 0.4) is 0 Å². The van der Waals surface area contributed by atoms with Crippen molar-refractivity contribution in [2.45, 2.75) is 25.6 Å². The first-order chi connectivity index (χ1) is 10.8. The molecule has 0 radical (unpaired) electrons. The van der Waals surface area contributed by atoms with E-state index in [2.05, 4.69) is 45.7 Å². The molecule has 1 aliphatic heterocycles. The SMILES string of the molecule is C[C@@H]1CN([C@@H](CNCc2cccnc2)c2cccs2)CCO1. The number of thiophene rings is 1. The molecule has 2 aromatic rings. The number of nitrogens with zero attached hydrogens (tertiary/aromatic N) is 2. The zero-order valence-electron chi connectivity index (χ0n) is 12.9. The molecule has 5 heteroatoms. The second-order valence-electron chi connectivity index (χ2n) is 5.70. The first-order valence-corrected chi connectivity index (χ1v) is 8.69. The highest BCUT2D eigenvalue weighted by Gasteiger charge is 2.25. The molecule has 1 N–H and O–H groups in total. The molecule has 0 unspecified atom stereocenters. The molecule has 22 heavy (non-hydrogen) atoms. The van der Waals surface area contributed by atoms with Crippen LogP contribution in [-0.4, -0.2) is 42.2 Å². The molecule has 0 saturated carbocycles. The number of hydrogen-bond donors (Lipinski definition) is 1. The normalized spacial score (nSPS) is 20.9. The zero-order chi connectivity index (χ0) is 15.2. The lowest BCUT2D eigenvalue weighted by atomic mass is 10.1. The molecule has 0 aromatic carbocycles. The molecule has 0 bridgehead atoms. The second kappa shape index (κ2) is 7.83. The van der Waals surface area contributed by atoms with Gasteiger partial charge in [0.1, 0.15) is 0 Å². The van der Waals surface area contributed by atoms with Crippen LogP contribution in [0.15, 0.2) is 42.0 Å². The molecule has 0 spiro atoms. The van der Waals surface area contributed by atoms with Crippen LogP contribution in [0.25, 0.3) is 0 Å². The summed E-state index contributed by atoms with van der Waals surface area (Å²) in [6.07, 6.45) is 4.05. The summed E-state index contributed by atoms with van der Waals surface area (Å²) in [6.45, 7) is 6.78. The minimum Gasteiger partial charge on any atom is -0.376 e. The van der Waals surface area contributed by atoms with Gasteiger partial charge in [0, 0.05) is 43.4 Å². The summed E-state index contributed by atoms with van der Waals surface area (Å²) < 4.78 is 5.68. The molecule has 0 aliphatic carbocycles. The Labute approximate surface area is 136 Å². The van der Waals surface area contributed by atoms with E-state index in [-0.39, 0.29) is 0 Å². The second-order valence-corrected chi connectivity index (χ2v) is 6.68. The molecule has 3 rings (SSSR count). The fraction of sp³-hybridized carbons (Fsp3) is 0.471. The molecule has 4 nitrogen and oxygen atoms in total. The predicted molar refractivity (Wildman–Crippen MR) is 90.0 cm³/mol. The zero-order valence-corrected chi connectivity index (χ0v) is 13.8. The lowest BCUT2D eigenvalue weighted by molar-refractivity contribution is -0.0339. The average Bonchev–Trinajstić information content (AvgIpc) is 3.07. The van der Waals surface area contributed by atoms with Gasteiger partial charge in [-0.15, -0.1) is 11.3 Å². The maximum absolute atomic E-state index is 5.68. The third-order valence-electron chi connectivity index (χ3n) is 3.97. The monoisotopic (exact) mass is 317 g/mol. The van der Waals surface area contributed by atoms with Gasteiger partial charge in [0.05, 0.1) is 18.8 Å². The van der Waals surface area contributed by atoms with E-state index < -0.39 is 0 Å². The lowest BCUT2D eigenvalue weighted by Gasteiger charge is -2.37. The van der Waals surface area contributed by atoms with Crippen LogP contribution in [0.2, 0.25) is 0 Å². The molecule has 1 fully saturated rings. The summed E-state index contributed by atoms with van der Waals surface area (Å²) >= 11 is 1.84. The van der Waals surface area contributed by atoms with E-state index in [1.807, 2.05) is 29.8 Å². The fourth-order valence-corrected chi connectivity index (χ4v) is 3.74. The maximum atomic E-state index is 5.68. The molecule has 2 atom stereocenters. The van der Waals surface area contributed by atoms with E-state index in [1.165, 1.54) is 10.4 Å². The Hall–Kier alpha value is -1.27. The first-order valence-electron chi connectivity index (χ1n) is 7.81. The van der Waals surface area contributed by atoms with Crippen LogP contribution in [0.4, 0.5) is 0 Å². The number of ether oxygens (including phenoxy) is 1. The van der Waals surface area contributed by atoms with E-state index >= 15 is 0 Å². The Kier molecular flexibility index (Phi) is 5.56. The average molecular weight is 317 g/mol.